The molecule has 0 aliphatic heterocycles. The van der Waals surface area contributed by atoms with E-state index in [1.165, 1.54) is 18.2 Å². The molecule has 0 spiro atoms. The van der Waals surface area contributed by atoms with Gasteiger partial charge in [-0.25, -0.2) is 4.98 Å². The standard InChI is InChI=1S/C22H16F3N3O2S/c23-22(24,25)16-12-20(28-17-6-2-1-4-14(16)17)31-9-8-27-21(30)13-10-18-15(19(29)11-13)5-3-7-26-18/h1-7,10-12,29H,8-9H2,(H,27,30). The van der Waals surface area contributed by atoms with E-state index in [1.807, 2.05) is 0 Å². The molecule has 0 atom stereocenters. The number of para-hydroxylation sites is 1. The molecule has 4 rings (SSSR count). The van der Waals surface area contributed by atoms with Crippen LogP contribution in [0.1, 0.15) is 15.9 Å². The second-order valence-corrected chi connectivity index (χ2v) is 7.81. The van der Waals surface area contributed by atoms with Gasteiger partial charge in [-0.05, 0) is 36.4 Å². The average molecular weight is 443 g/mol. The van der Waals surface area contributed by atoms with Crippen molar-refractivity contribution in [2.24, 2.45) is 0 Å². The Morgan fingerprint density at radius 1 is 1.03 bits per heavy atom. The van der Waals surface area contributed by atoms with Crippen LogP contribution in [0, 0.1) is 0 Å². The number of phenolic OH excluding ortho intramolecular Hbond substituents is 1. The minimum atomic E-state index is -4.49. The lowest BCUT2D eigenvalue weighted by Gasteiger charge is -2.12. The Morgan fingerprint density at radius 2 is 1.81 bits per heavy atom. The highest BCUT2D eigenvalue weighted by molar-refractivity contribution is 7.99. The van der Waals surface area contributed by atoms with E-state index in [1.54, 1.807) is 36.5 Å². The lowest BCUT2D eigenvalue weighted by Crippen LogP contribution is -2.25. The van der Waals surface area contributed by atoms with E-state index in [2.05, 4.69) is 15.3 Å². The predicted octanol–water partition coefficient (Wildman–Crippen LogP) is 5.03. The molecule has 9 heteroatoms. The first-order valence-corrected chi connectivity index (χ1v) is 10.3. The number of hydrogen-bond donors (Lipinski definition) is 2. The van der Waals surface area contributed by atoms with Crippen molar-refractivity contribution in [2.45, 2.75) is 11.2 Å². The molecular weight excluding hydrogens is 427 g/mol. The van der Waals surface area contributed by atoms with Gasteiger partial charge in [-0.1, -0.05) is 18.2 Å². The van der Waals surface area contributed by atoms with Crippen molar-refractivity contribution < 1.29 is 23.1 Å². The summed E-state index contributed by atoms with van der Waals surface area (Å²) in [5, 5.41) is 13.6. The number of hydrogen-bond acceptors (Lipinski definition) is 5. The largest absolute Gasteiger partial charge is 0.507 e. The van der Waals surface area contributed by atoms with Crippen LogP contribution in [0.4, 0.5) is 13.2 Å². The van der Waals surface area contributed by atoms with Gasteiger partial charge in [-0.15, -0.1) is 11.8 Å². The zero-order valence-electron chi connectivity index (χ0n) is 16.0. The van der Waals surface area contributed by atoms with Gasteiger partial charge in [-0.2, -0.15) is 13.2 Å². The number of benzene rings is 2. The van der Waals surface area contributed by atoms with Gasteiger partial charge in [0.25, 0.3) is 5.91 Å². The highest BCUT2D eigenvalue weighted by Gasteiger charge is 2.33. The van der Waals surface area contributed by atoms with E-state index in [0.29, 0.717) is 16.7 Å². The SMILES string of the molecule is O=C(NCCSc1cc(C(F)(F)F)c2ccccc2n1)c1cc(O)c2cccnc2c1. The van der Waals surface area contributed by atoms with Gasteiger partial charge >= 0.3 is 6.18 Å². The first kappa shape index (κ1) is 20.9. The molecule has 0 aliphatic rings. The van der Waals surface area contributed by atoms with Gasteiger partial charge in [0.15, 0.2) is 0 Å². The van der Waals surface area contributed by atoms with Gasteiger partial charge in [0, 0.05) is 34.8 Å². The Kier molecular flexibility index (Phi) is 5.69. The molecular formula is C22H16F3N3O2S. The molecule has 0 saturated carbocycles. The van der Waals surface area contributed by atoms with E-state index in [-0.39, 0.29) is 33.8 Å². The summed E-state index contributed by atoms with van der Waals surface area (Å²) in [6, 6.07) is 13.4. The van der Waals surface area contributed by atoms with Crippen molar-refractivity contribution in [1.82, 2.24) is 15.3 Å². The van der Waals surface area contributed by atoms with Crippen LogP contribution in [-0.4, -0.2) is 33.3 Å². The van der Waals surface area contributed by atoms with E-state index in [9.17, 15) is 23.1 Å². The Bertz CT molecular complexity index is 1280. The fourth-order valence-corrected chi connectivity index (χ4v) is 3.95. The smallest absolute Gasteiger partial charge is 0.417 e. The number of aromatic nitrogens is 2. The number of rotatable bonds is 5. The van der Waals surface area contributed by atoms with Crippen molar-refractivity contribution in [3.05, 3.63) is 71.9 Å². The van der Waals surface area contributed by atoms with E-state index >= 15 is 0 Å². The van der Waals surface area contributed by atoms with E-state index in [0.717, 1.165) is 17.8 Å². The van der Waals surface area contributed by atoms with Crippen molar-refractivity contribution in [3.8, 4) is 5.75 Å². The summed E-state index contributed by atoms with van der Waals surface area (Å²) in [6.45, 7) is 0.209. The molecule has 5 nitrogen and oxygen atoms in total. The van der Waals surface area contributed by atoms with Crippen LogP contribution in [0.15, 0.2) is 65.8 Å². The van der Waals surface area contributed by atoms with E-state index < -0.39 is 17.6 Å². The number of thioether (sulfide) groups is 1. The fourth-order valence-electron chi connectivity index (χ4n) is 3.18. The average Bonchev–Trinajstić information content (AvgIpc) is 2.75. The first-order chi connectivity index (χ1) is 14.8. The molecule has 2 aromatic carbocycles. The summed E-state index contributed by atoms with van der Waals surface area (Å²) >= 11 is 1.12. The Balaban J connectivity index is 1.43. The molecule has 4 aromatic rings. The summed E-state index contributed by atoms with van der Waals surface area (Å²) in [6.07, 6.45) is -2.93. The molecule has 31 heavy (non-hydrogen) atoms. The third-order valence-electron chi connectivity index (χ3n) is 4.60. The molecule has 0 fully saturated rings. The molecule has 0 unspecified atom stereocenters. The minimum Gasteiger partial charge on any atom is -0.507 e. The number of fused-ring (bicyclic) bond motifs is 2. The maximum absolute atomic E-state index is 13.4. The minimum absolute atomic E-state index is 0.0508. The van der Waals surface area contributed by atoms with Crippen LogP contribution >= 0.6 is 11.8 Å². The zero-order chi connectivity index (χ0) is 22.0. The normalized spacial score (nSPS) is 11.7. The van der Waals surface area contributed by atoms with Crippen LogP contribution in [0.2, 0.25) is 0 Å². The van der Waals surface area contributed by atoms with Gasteiger partial charge in [-0.3, -0.25) is 9.78 Å². The molecule has 1 amide bonds. The van der Waals surface area contributed by atoms with Gasteiger partial charge < -0.3 is 10.4 Å². The molecule has 2 heterocycles. The van der Waals surface area contributed by atoms with Gasteiger partial charge in [0.05, 0.1) is 21.6 Å². The third-order valence-corrected chi connectivity index (χ3v) is 5.51. The summed E-state index contributed by atoms with van der Waals surface area (Å²) < 4.78 is 40.2. The molecule has 2 aromatic heterocycles. The quantitative estimate of drug-likeness (QED) is 0.334. The summed E-state index contributed by atoms with van der Waals surface area (Å²) in [5.41, 5.74) is 0.269. The van der Waals surface area contributed by atoms with Crippen molar-refractivity contribution in [2.75, 3.05) is 12.3 Å². The summed E-state index contributed by atoms with van der Waals surface area (Å²) in [5.74, 6) is -0.136. The Labute approximate surface area is 179 Å². The molecule has 158 valence electrons. The molecule has 0 bridgehead atoms. The highest BCUT2D eigenvalue weighted by Crippen LogP contribution is 2.36. The van der Waals surface area contributed by atoms with Gasteiger partial charge in [0.2, 0.25) is 0 Å². The Hall–Kier alpha value is -3.33. The third kappa shape index (κ3) is 4.56. The van der Waals surface area contributed by atoms with Crippen molar-refractivity contribution in [1.29, 1.82) is 0 Å². The number of nitrogens with one attached hydrogen (secondary N) is 1. The van der Waals surface area contributed by atoms with Crippen LogP contribution in [0.25, 0.3) is 21.8 Å². The molecule has 0 saturated heterocycles. The molecule has 0 aliphatic carbocycles. The van der Waals surface area contributed by atoms with Crippen molar-refractivity contribution >= 4 is 39.5 Å². The number of aromatic hydroxyl groups is 1. The summed E-state index contributed by atoms with van der Waals surface area (Å²) in [4.78, 5) is 20.8. The molecule has 0 radical (unpaired) electrons. The second-order valence-electron chi connectivity index (χ2n) is 6.69. The summed E-state index contributed by atoms with van der Waals surface area (Å²) in [7, 11) is 0. The van der Waals surface area contributed by atoms with E-state index in [4.69, 9.17) is 0 Å². The number of alkyl halides is 3. The number of carbonyl (C=O) groups excluding carboxylic acids is 1. The monoisotopic (exact) mass is 443 g/mol. The highest BCUT2D eigenvalue weighted by atomic mass is 32.2. The maximum atomic E-state index is 13.4. The maximum Gasteiger partial charge on any atom is 0.417 e. The van der Waals surface area contributed by atoms with Crippen LogP contribution in [0.3, 0.4) is 0 Å². The van der Waals surface area contributed by atoms with Crippen LogP contribution < -0.4 is 5.32 Å². The molecule has 2 N–H and O–H groups in total. The zero-order valence-corrected chi connectivity index (χ0v) is 16.8. The number of carbonyl (C=O) groups is 1. The first-order valence-electron chi connectivity index (χ1n) is 9.28. The predicted molar refractivity (Wildman–Crippen MR) is 113 cm³/mol. The number of pyridine rings is 2. The number of nitrogens with zero attached hydrogens (tertiary/aromatic N) is 2. The fraction of sp³-hybridized carbons (Fsp3) is 0.136. The Morgan fingerprint density at radius 3 is 2.61 bits per heavy atom. The number of halogens is 3. The lowest BCUT2D eigenvalue weighted by molar-refractivity contribution is -0.136. The number of amides is 1. The second kappa shape index (κ2) is 8.43. The van der Waals surface area contributed by atoms with Gasteiger partial charge in [0.1, 0.15) is 5.75 Å². The van der Waals surface area contributed by atoms with Crippen molar-refractivity contribution in [3.63, 3.8) is 0 Å². The van der Waals surface area contributed by atoms with Crippen LogP contribution in [-0.2, 0) is 6.18 Å². The lowest BCUT2D eigenvalue weighted by atomic mass is 10.1. The number of phenols is 1. The topological polar surface area (TPSA) is 75.1 Å². The van der Waals surface area contributed by atoms with Crippen LogP contribution in [0.5, 0.6) is 5.75 Å².